The molecule has 2 heterocycles. The van der Waals surface area contributed by atoms with E-state index in [9.17, 15) is 46.0 Å². The van der Waals surface area contributed by atoms with Gasteiger partial charge >= 0.3 is 18.0 Å². The highest BCUT2D eigenvalue weighted by Gasteiger charge is 2.71. The lowest BCUT2D eigenvalue weighted by Crippen LogP contribution is -2.59. The van der Waals surface area contributed by atoms with Crippen molar-refractivity contribution in [2.24, 2.45) is 17.3 Å². The Bertz CT molecular complexity index is 3740. The first kappa shape index (κ1) is 86.3. The number of hydrogen-bond donors (Lipinski definition) is 2. The van der Waals surface area contributed by atoms with Crippen LogP contribution in [0.5, 0.6) is 17.2 Å². The third-order valence-corrected chi connectivity index (χ3v) is 28.3. The van der Waals surface area contributed by atoms with Crippen LogP contribution in [0.25, 0.3) is 0 Å². The number of aryl methyl sites for hydroxylation is 2. The summed E-state index contributed by atoms with van der Waals surface area (Å²) in [4.78, 5) is 44.9. The molecule has 4 aromatic carbocycles. The monoisotopic (exact) mass is 1570 g/mol. The minimum atomic E-state index is -5.58. The Morgan fingerprint density at radius 1 is 0.815 bits per heavy atom. The molecule has 26 heteroatoms. The number of carbonyl (C=O) groups excluding carboxylic acids is 1. The van der Waals surface area contributed by atoms with Crippen LogP contribution in [0.4, 0.5) is 26.3 Å². The lowest BCUT2D eigenvalue weighted by Gasteiger charge is -2.50. The molecule has 0 bridgehead atoms. The number of carbonyl (C=O) groups is 1. The van der Waals surface area contributed by atoms with Crippen LogP contribution in [-0.2, 0) is 46.7 Å². The Balaban J connectivity index is 0.703. The smallest absolute Gasteiger partial charge is 0.426 e. The van der Waals surface area contributed by atoms with Gasteiger partial charge in [0.15, 0.2) is 0 Å². The zero-order valence-electron chi connectivity index (χ0n) is 64.7. The zero-order chi connectivity index (χ0) is 78.0. The van der Waals surface area contributed by atoms with Crippen molar-refractivity contribution in [1.82, 2.24) is 24.4 Å². The van der Waals surface area contributed by atoms with Crippen molar-refractivity contribution >= 4 is 35.8 Å². The molecule has 17 nitrogen and oxygen atoms in total. The highest BCUT2D eigenvalue weighted by molar-refractivity contribution is 8.77. The van der Waals surface area contributed by atoms with E-state index in [0.29, 0.717) is 61.7 Å². The number of methoxy groups -OCH3 is 2. The van der Waals surface area contributed by atoms with E-state index in [0.717, 1.165) is 98.8 Å². The minimum absolute atomic E-state index is 0.00400. The van der Waals surface area contributed by atoms with Crippen molar-refractivity contribution in [3.8, 4) is 23.3 Å². The molecular weight excluding hydrogens is 1450 g/mol. The van der Waals surface area contributed by atoms with Crippen LogP contribution >= 0.6 is 29.9 Å². The van der Waals surface area contributed by atoms with Crippen LogP contribution in [0.1, 0.15) is 197 Å². The normalized spacial score (nSPS) is 21.4. The summed E-state index contributed by atoms with van der Waals surface area (Å²) in [5.41, 5.74) is -1.06. The first-order valence-corrected chi connectivity index (χ1v) is 42.2. The molecule has 1 amide bonds. The summed E-state index contributed by atoms with van der Waals surface area (Å²) in [6, 6.07) is 34.6. The van der Waals surface area contributed by atoms with Crippen LogP contribution in [0.2, 0.25) is 0 Å². The van der Waals surface area contributed by atoms with Gasteiger partial charge in [0.25, 0.3) is 11.2 Å². The highest BCUT2D eigenvalue weighted by Crippen LogP contribution is 2.62. The second-order valence-corrected chi connectivity index (χ2v) is 35.7. The number of amides is 1. The third-order valence-electron chi connectivity index (χ3n) is 22.3. The maximum absolute atomic E-state index is 13.9. The summed E-state index contributed by atoms with van der Waals surface area (Å²) in [6.07, 6.45) is -1.40. The average molecular weight is 1570 g/mol. The van der Waals surface area contributed by atoms with Gasteiger partial charge in [-0.05, 0) is 207 Å². The number of ether oxygens (including phenoxy) is 7. The SMILES string of the molecule is CCCC(OCCN(C)CCO[C@H]1CC[C@H]2C3CCc4cc(OCCC(C)(C)SSCCCCCCNC(=O)CCc5cn([C@H]6C[C@H](OP(CCC#N)N(C(C)C)C(C)C)[C@@H](COC(c7ccccc7)(c7ccc(OC)cc7)c7ccc(OC)cc7)O6)c(=O)[nH]c5=O)ccc4C3CC[C@]12C)(C(F)(F)F)C(F)(F)F. The molecule has 0 radical (unpaired) electrons. The zero-order valence-corrected chi connectivity index (χ0v) is 67.2. The predicted molar refractivity (Wildman–Crippen MR) is 415 cm³/mol. The van der Waals surface area contributed by atoms with E-state index in [2.05, 4.69) is 92.4 Å². The molecule has 0 spiro atoms. The van der Waals surface area contributed by atoms with Crippen molar-refractivity contribution in [2.75, 3.05) is 79.2 Å². The van der Waals surface area contributed by atoms with Gasteiger partial charge < -0.3 is 47.9 Å². The summed E-state index contributed by atoms with van der Waals surface area (Å²) in [5.74, 6) is 4.56. The van der Waals surface area contributed by atoms with Gasteiger partial charge in [0, 0.05) is 79.4 Å². The van der Waals surface area contributed by atoms with Crippen molar-refractivity contribution < 1.29 is 68.8 Å². The van der Waals surface area contributed by atoms with Gasteiger partial charge in [0.2, 0.25) is 5.91 Å². The Labute approximate surface area is 643 Å². The molecule has 2 saturated carbocycles. The summed E-state index contributed by atoms with van der Waals surface area (Å²) in [7, 11) is 7.31. The lowest BCUT2D eigenvalue weighted by atomic mass is 9.55. The van der Waals surface area contributed by atoms with Crippen molar-refractivity contribution in [3.63, 3.8) is 0 Å². The largest absolute Gasteiger partial charge is 0.497 e. The number of unbranched alkanes of at least 4 members (excludes halogenated alkanes) is 3. The number of nitrogens with one attached hydrogen (secondary N) is 2. The quantitative estimate of drug-likeness (QED) is 0.0123. The fourth-order valence-electron chi connectivity index (χ4n) is 16.6. The van der Waals surface area contributed by atoms with Gasteiger partial charge in [0.05, 0.1) is 58.9 Å². The van der Waals surface area contributed by atoms with Gasteiger partial charge in [-0.3, -0.25) is 23.8 Å². The molecular formula is C82H113F6N6O11PS2. The van der Waals surface area contributed by atoms with Crippen molar-refractivity contribution in [3.05, 3.63) is 157 Å². The topological polar surface area (TPSA) is 188 Å². The number of nitrogens with zero attached hydrogens (tertiary/aromatic N) is 4. The molecule has 9 atom stereocenters. The maximum Gasteiger partial charge on any atom is 0.426 e. The van der Waals surface area contributed by atoms with Crippen LogP contribution in [0, 0.1) is 28.6 Å². The lowest BCUT2D eigenvalue weighted by molar-refractivity contribution is -0.383. The van der Waals surface area contributed by atoms with E-state index in [1.54, 1.807) is 26.2 Å². The number of aromatic amines is 1. The average Bonchev–Trinajstić information content (AvgIpc) is 1.76. The molecule has 1 aromatic heterocycles. The molecule has 1 aliphatic heterocycles. The van der Waals surface area contributed by atoms with Gasteiger partial charge in [-0.2, -0.15) is 31.6 Å². The van der Waals surface area contributed by atoms with Gasteiger partial charge in [-0.25, -0.2) is 4.79 Å². The number of H-pyrrole nitrogens is 1. The summed E-state index contributed by atoms with van der Waals surface area (Å²) in [5, 5.41) is 12.9. The number of rotatable bonds is 42. The number of halogens is 6. The van der Waals surface area contributed by atoms with Gasteiger partial charge in [-0.15, -0.1) is 0 Å². The summed E-state index contributed by atoms with van der Waals surface area (Å²) < 4.78 is 136. The fraction of sp³-hybridized carbons (Fsp3) is 0.634. The number of likely N-dealkylation sites (N-methyl/N-ethyl adjacent to an activating group) is 1. The van der Waals surface area contributed by atoms with E-state index in [-0.39, 0.29) is 85.1 Å². The van der Waals surface area contributed by atoms with E-state index < -0.39 is 74.6 Å². The number of alkyl halides is 6. The number of fused-ring (bicyclic) bond motifs is 5. The summed E-state index contributed by atoms with van der Waals surface area (Å²) in [6.45, 7) is 17.6. The van der Waals surface area contributed by atoms with E-state index in [1.807, 2.05) is 100 Å². The molecule has 108 heavy (non-hydrogen) atoms. The Hall–Kier alpha value is -5.65. The van der Waals surface area contributed by atoms with Crippen LogP contribution in [-0.4, -0.2) is 157 Å². The highest BCUT2D eigenvalue weighted by atomic mass is 33.1. The standard InChI is InChI=1S/C82H113F6N6O11PS2/c1-12-40-79(81(83,84)85,82(86,87)88)102-49-46-92(9)45-48-101-72-37-36-69-68-34-23-58-52-65(33-35-66(58)67(68)39-41-78(69,72)8)100-47-42-77(6,7)108-107-51-19-14-13-18-44-90-73(95)38-24-59-54-93(76(97)91-75(59)96)74-53-70(105-106(50-20-43-89)94(56(2)3)57(4)5)71(104-74)55-103-80(60-21-16-15-17-22-60,61-25-29-63(98-10)30-26-61)62-27-31-64(99-11)32-28-62/h15-17,21-22,25-33,35,52,54,56-57,67-72,74H,12-14,18-20,23-24,34,36-42,44-51,53,55H2,1-11H3,(H,90,95)(H,91,96,97)/t67?,68?,69-,70-,71+,72-,74+,78-,106?/m0/s1. The fourth-order valence-corrected chi connectivity index (χ4v) is 21.6. The number of benzene rings is 4. The Kier molecular flexibility index (Phi) is 31.3. The third kappa shape index (κ3) is 21.4. The molecule has 5 aromatic rings. The van der Waals surface area contributed by atoms with Crippen LogP contribution in [0.15, 0.2) is 113 Å². The second-order valence-electron chi connectivity index (χ2n) is 30.7. The number of nitriles is 1. The molecule has 3 unspecified atom stereocenters. The summed E-state index contributed by atoms with van der Waals surface area (Å²) >= 11 is 0. The van der Waals surface area contributed by atoms with Crippen molar-refractivity contribution in [1.29, 1.82) is 5.26 Å². The number of hydrogen-bond acceptors (Lipinski definition) is 16. The minimum Gasteiger partial charge on any atom is -0.497 e. The maximum atomic E-state index is 13.9. The Morgan fingerprint density at radius 2 is 1.46 bits per heavy atom. The van der Waals surface area contributed by atoms with E-state index in [4.69, 9.17) is 32.9 Å². The van der Waals surface area contributed by atoms with Gasteiger partial charge in [-0.1, -0.05) is 115 Å². The molecule has 4 aliphatic rings. The first-order valence-electron chi connectivity index (χ1n) is 38.5. The van der Waals surface area contributed by atoms with E-state index in [1.165, 1.54) is 28.8 Å². The Morgan fingerprint density at radius 3 is 2.10 bits per heavy atom. The van der Waals surface area contributed by atoms with Crippen molar-refractivity contribution in [2.45, 2.75) is 235 Å². The van der Waals surface area contributed by atoms with Crippen LogP contribution in [0.3, 0.4) is 0 Å². The molecule has 596 valence electrons. The molecule has 3 aliphatic carbocycles. The number of aromatic nitrogens is 2. The predicted octanol–water partition coefficient (Wildman–Crippen LogP) is 17.7. The molecule has 9 rings (SSSR count). The van der Waals surface area contributed by atoms with Crippen LogP contribution < -0.4 is 30.8 Å². The first-order chi connectivity index (χ1) is 51.5. The molecule has 2 N–H and O–H groups in total. The molecule has 1 saturated heterocycles. The molecule has 3 fully saturated rings. The van der Waals surface area contributed by atoms with Gasteiger partial charge in [0.1, 0.15) is 43.5 Å². The second kappa shape index (κ2) is 39.2. The van der Waals surface area contributed by atoms with E-state index >= 15 is 0 Å².